The maximum absolute atomic E-state index is 11.1. The number of hydrogen-bond donors (Lipinski definition) is 1. The van der Waals surface area contributed by atoms with E-state index in [4.69, 9.17) is 5.73 Å². The number of primary amides is 1. The normalized spacial score (nSPS) is 12.8. The van der Waals surface area contributed by atoms with Crippen molar-refractivity contribution in [1.82, 2.24) is 0 Å². The number of aryl methyl sites for hydroxylation is 1. The largest absolute Gasteiger partial charge is 0.370 e. The van der Waals surface area contributed by atoms with Gasteiger partial charge in [-0.05, 0) is 36.3 Å². The van der Waals surface area contributed by atoms with E-state index in [9.17, 15) is 4.79 Å². The number of nitrogens with two attached hydrogens (primary N) is 1. The van der Waals surface area contributed by atoms with Crippen molar-refractivity contribution in [3.8, 4) is 0 Å². The van der Waals surface area contributed by atoms with Crippen molar-refractivity contribution in [1.29, 1.82) is 0 Å². The van der Waals surface area contributed by atoms with Crippen LogP contribution in [0.1, 0.15) is 43.7 Å². The average Bonchev–Trinajstić information content (AvgIpc) is 2.15. The van der Waals surface area contributed by atoms with Gasteiger partial charge in [0, 0.05) is 6.42 Å². The lowest BCUT2D eigenvalue weighted by atomic mass is 9.85. The smallest absolute Gasteiger partial charge is 0.218 e. The van der Waals surface area contributed by atoms with Crippen LogP contribution in [0.3, 0.4) is 0 Å². The summed E-state index contributed by atoms with van der Waals surface area (Å²) in [4.78, 5) is 11.1. The van der Waals surface area contributed by atoms with Crippen molar-refractivity contribution < 1.29 is 4.79 Å². The average molecular weight is 219 g/mol. The van der Waals surface area contributed by atoms with E-state index in [1.165, 1.54) is 11.1 Å². The first-order valence-corrected chi connectivity index (χ1v) is 5.84. The molecule has 0 aliphatic heterocycles. The molecular weight excluding hydrogens is 198 g/mol. The van der Waals surface area contributed by atoms with Gasteiger partial charge in [-0.15, -0.1) is 0 Å². The molecular formula is C14H21NO. The molecule has 2 N–H and O–H groups in total. The third kappa shape index (κ3) is 3.69. The van der Waals surface area contributed by atoms with Gasteiger partial charge in [0.15, 0.2) is 0 Å². The molecule has 88 valence electrons. The molecule has 0 saturated carbocycles. The summed E-state index contributed by atoms with van der Waals surface area (Å²) >= 11 is 0. The van der Waals surface area contributed by atoms with Crippen molar-refractivity contribution in [2.45, 2.75) is 39.5 Å². The van der Waals surface area contributed by atoms with Crippen LogP contribution < -0.4 is 5.73 Å². The highest BCUT2D eigenvalue weighted by Gasteiger charge is 2.17. The van der Waals surface area contributed by atoms with Crippen molar-refractivity contribution >= 4 is 5.91 Å². The maximum atomic E-state index is 11.1. The van der Waals surface area contributed by atoms with Crippen LogP contribution in [0.4, 0.5) is 0 Å². The lowest BCUT2D eigenvalue weighted by Gasteiger charge is -2.20. The number of carbonyl (C=O) groups is 1. The van der Waals surface area contributed by atoms with Crippen LogP contribution >= 0.6 is 0 Å². The molecule has 0 heterocycles. The molecule has 0 aliphatic carbocycles. The van der Waals surface area contributed by atoms with Gasteiger partial charge in [0.1, 0.15) is 0 Å². The number of hydrogen-bond acceptors (Lipinski definition) is 1. The fourth-order valence-electron chi connectivity index (χ4n) is 2.18. The first-order chi connectivity index (χ1) is 7.50. The van der Waals surface area contributed by atoms with Gasteiger partial charge in [0.2, 0.25) is 5.91 Å². The molecule has 1 rings (SSSR count). The monoisotopic (exact) mass is 219 g/mol. The Kier molecular flexibility index (Phi) is 4.53. The Hall–Kier alpha value is -1.31. The molecule has 1 amide bonds. The van der Waals surface area contributed by atoms with Gasteiger partial charge in [-0.1, -0.05) is 38.1 Å². The Bertz CT molecular complexity index is 358. The molecule has 0 aliphatic rings. The summed E-state index contributed by atoms with van der Waals surface area (Å²) < 4.78 is 0. The Morgan fingerprint density at radius 3 is 2.44 bits per heavy atom. The van der Waals surface area contributed by atoms with E-state index in [1.807, 2.05) is 12.1 Å². The maximum Gasteiger partial charge on any atom is 0.218 e. The Labute approximate surface area is 97.9 Å². The van der Waals surface area contributed by atoms with E-state index in [1.54, 1.807) is 0 Å². The highest BCUT2D eigenvalue weighted by Crippen LogP contribution is 2.29. The molecule has 1 unspecified atom stereocenters. The van der Waals surface area contributed by atoms with Crippen LogP contribution in [0.2, 0.25) is 0 Å². The molecule has 16 heavy (non-hydrogen) atoms. The van der Waals surface area contributed by atoms with Gasteiger partial charge in [0.05, 0.1) is 0 Å². The molecule has 1 aromatic carbocycles. The molecule has 0 radical (unpaired) electrons. The van der Waals surface area contributed by atoms with Gasteiger partial charge in [-0.25, -0.2) is 0 Å². The first kappa shape index (κ1) is 12.8. The van der Waals surface area contributed by atoms with E-state index in [-0.39, 0.29) is 11.8 Å². The second-order valence-electron chi connectivity index (χ2n) is 4.85. The topological polar surface area (TPSA) is 43.1 Å². The summed E-state index contributed by atoms with van der Waals surface area (Å²) in [6.45, 7) is 6.43. The second kappa shape index (κ2) is 5.69. The van der Waals surface area contributed by atoms with Crippen LogP contribution in [0.5, 0.6) is 0 Å². The fourth-order valence-corrected chi connectivity index (χ4v) is 2.18. The quantitative estimate of drug-likeness (QED) is 0.812. The number of benzene rings is 1. The van der Waals surface area contributed by atoms with Crippen LogP contribution in [-0.4, -0.2) is 5.91 Å². The van der Waals surface area contributed by atoms with Crippen LogP contribution in [-0.2, 0) is 4.79 Å². The van der Waals surface area contributed by atoms with Crippen molar-refractivity contribution in [2.75, 3.05) is 0 Å². The SMILES string of the molecule is Cc1ccccc1C(CC(N)=O)CC(C)C. The van der Waals surface area contributed by atoms with Gasteiger partial charge in [-0.2, -0.15) is 0 Å². The summed E-state index contributed by atoms with van der Waals surface area (Å²) in [5, 5.41) is 0. The van der Waals surface area contributed by atoms with Gasteiger partial charge < -0.3 is 5.73 Å². The molecule has 0 aromatic heterocycles. The van der Waals surface area contributed by atoms with E-state index >= 15 is 0 Å². The Morgan fingerprint density at radius 1 is 1.31 bits per heavy atom. The van der Waals surface area contributed by atoms with Crippen LogP contribution in [0, 0.1) is 12.8 Å². The van der Waals surface area contributed by atoms with E-state index in [0.717, 1.165) is 6.42 Å². The summed E-state index contributed by atoms with van der Waals surface area (Å²) in [5.41, 5.74) is 7.82. The van der Waals surface area contributed by atoms with Gasteiger partial charge in [-0.3, -0.25) is 4.79 Å². The van der Waals surface area contributed by atoms with E-state index < -0.39 is 0 Å². The van der Waals surface area contributed by atoms with Gasteiger partial charge >= 0.3 is 0 Å². The minimum Gasteiger partial charge on any atom is -0.370 e. The third-order valence-electron chi connectivity index (χ3n) is 2.83. The molecule has 2 nitrogen and oxygen atoms in total. The summed E-state index contributed by atoms with van der Waals surface area (Å²) in [6.07, 6.45) is 1.46. The highest BCUT2D eigenvalue weighted by atomic mass is 16.1. The second-order valence-corrected chi connectivity index (χ2v) is 4.85. The third-order valence-corrected chi connectivity index (χ3v) is 2.83. The molecule has 0 spiro atoms. The van der Waals surface area contributed by atoms with Crippen LogP contribution in [0.15, 0.2) is 24.3 Å². The summed E-state index contributed by atoms with van der Waals surface area (Å²) in [5.74, 6) is 0.622. The molecule has 0 saturated heterocycles. The Balaban J connectivity index is 2.91. The molecule has 0 fully saturated rings. The van der Waals surface area contributed by atoms with Gasteiger partial charge in [0.25, 0.3) is 0 Å². The highest BCUT2D eigenvalue weighted by molar-refractivity contribution is 5.74. The number of carbonyl (C=O) groups excluding carboxylic acids is 1. The Morgan fingerprint density at radius 2 is 1.94 bits per heavy atom. The molecule has 1 aromatic rings. The van der Waals surface area contributed by atoms with Crippen molar-refractivity contribution in [2.24, 2.45) is 11.7 Å². The summed E-state index contributed by atoms with van der Waals surface area (Å²) in [6, 6.07) is 8.24. The number of amides is 1. The van der Waals surface area contributed by atoms with E-state index in [0.29, 0.717) is 12.3 Å². The fraction of sp³-hybridized carbons (Fsp3) is 0.500. The standard InChI is InChI=1S/C14H21NO/c1-10(2)8-12(9-14(15)16)13-7-5-4-6-11(13)3/h4-7,10,12H,8-9H2,1-3H3,(H2,15,16). The van der Waals surface area contributed by atoms with Crippen molar-refractivity contribution in [3.05, 3.63) is 35.4 Å². The summed E-state index contributed by atoms with van der Waals surface area (Å²) in [7, 11) is 0. The number of rotatable bonds is 5. The predicted molar refractivity (Wildman–Crippen MR) is 67.2 cm³/mol. The van der Waals surface area contributed by atoms with Crippen LogP contribution in [0.25, 0.3) is 0 Å². The zero-order valence-electron chi connectivity index (χ0n) is 10.4. The molecule has 1 atom stereocenters. The van der Waals surface area contributed by atoms with Crippen molar-refractivity contribution in [3.63, 3.8) is 0 Å². The minimum absolute atomic E-state index is 0.214. The molecule has 0 bridgehead atoms. The molecule has 2 heteroatoms. The zero-order chi connectivity index (χ0) is 12.1. The lowest BCUT2D eigenvalue weighted by molar-refractivity contribution is -0.118. The lowest BCUT2D eigenvalue weighted by Crippen LogP contribution is -2.17. The predicted octanol–water partition coefficient (Wildman–Crippen LogP) is 3.00. The van der Waals surface area contributed by atoms with E-state index in [2.05, 4.69) is 32.9 Å². The minimum atomic E-state index is -0.214. The zero-order valence-corrected chi connectivity index (χ0v) is 10.4. The first-order valence-electron chi connectivity index (χ1n) is 5.84.